The molecule has 1 saturated heterocycles. The Labute approximate surface area is 190 Å². The molecule has 0 radical (unpaired) electrons. The van der Waals surface area contributed by atoms with Crippen LogP contribution < -0.4 is 0 Å². The Hall–Kier alpha value is -1.66. The molecule has 2 aliphatic heterocycles. The van der Waals surface area contributed by atoms with Crippen molar-refractivity contribution in [2.75, 3.05) is 7.11 Å². The summed E-state index contributed by atoms with van der Waals surface area (Å²) in [6.45, 7) is 9.81. The zero-order chi connectivity index (χ0) is 23.0. The summed E-state index contributed by atoms with van der Waals surface area (Å²) >= 11 is 6.54. The first-order chi connectivity index (χ1) is 14.5. The molecule has 0 aromatic carbocycles. The lowest BCUT2D eigenvalue weighted by molar-refractivity contribution is -0.243. The van der Waals surface area contributed by atoms with Gasteiger partial charge in [-0.15, -0.1) is 0 Å². The Morgan fingerprint density at radius 2 is 2.16 bits per heavy atom. The number of allylic oxidation sites excluding steroid dienone is 6. The second kappa shape index (κ2) is 9.07. The number of hydrogen-bond donors (Lipinski definition) is 1. The van der Waals surface area contributed by atoms with E-state index < -0.39 is 17.5 Å². The highest BCUT2D eigenvalue weighted by Gasteiger charge is 2.62. The molecule has 3 rings (SSSR count). The third kappa shape index (κ3) is 4.61. The van der Waals surface area contributed by atoms with Gasteiger partial charge in [-0.1, -0.05) is 49.6 Å². The van der Waals surface area contributed by atoms with E-state index in [1.54, 1.807) is 20.1 Å². The highest BCUT2D eigenvalue weighted by Crippen LogP contribution is 2.55. The number of carbonyl (C=O) groups excluding carboxylic acids is 1. The average Bonchev–Trinajstić information content (AvgIpc) is 3.03. The first-order valence-electron chi connectivity index (χ1n) is 10.9. The van der Waals surface area contributed by atoms with Gasteiger partial charge in [-0.25, -0.2) is 0 Å². The summed E-state index contributed by atoms with van der Waals surface area (Å²) in [5.74, 6) is -0.493. The maximum Gasteiger partial charge on any atom is 0.207 e. The molecule has 0 unspecified atom stereocenters. The van der Waals surface area contributed by atoms with Crippen LogP contribution in [0.25, 0.3) is 0 Å². The van der Waals surface area contributed by atoms with Crippen molar-refractivity contribution in [1.82, 2.24) is 0 Å². The number of Topliss-reactive ketones (excluding diaryl/α,β-unsaturated/α-hetero) is 1. The van der Waals surface area contributed by atoms with Crippen LogP contribution in [0.4, 0.5) is 0 Å². The van der Waals surface area contributed by atoms with Gasteiger partial charge in [-0.05, 0) is 38.8 Å². The van der Waals surface area contributed by atoms with E-state index >= 15 is 0 Å². The van der Waals surface area contributed by atoms with Gasteiger partial charge in [0.2, 0.25) is 5.78 Å². The van der Waals surface area contributed by atoms with Crippen molar-refractivity contribution in [3.63, 3.8) is 0 Å². The van der Waals surface area contributed by atoms with Gasteiger partial charge in [0.1, 0.15) is 11.4 Å². The maximum atomic E-state index is 13.2. The SMILES string of the molecule is CC[C@@H](C)/C=C(C)\C=C\C1=CC2=C(Cl)C(=O)[C@@]3(C)O[C@](C[C@H](C)O)(OC)C[C@H]3C2=CO1. The van der Waals surface area contributed by atoms with Gasteiger partial charge in [-0.2, -0.15) is 0 Å². The minimum absolute atomic E-state index is 0.134. The first-order valence-corrected chi connectivity index (χ1v) is 11.3. The van der Waals surface area contributed by atoms with Crippen molar-refractivity contribution >= 4 is 17.4 Å². The minimum Gasteiger partial charge on any atom is -0.465 e. The molecule has 0 saturated carbocycles. The molecule has 0 amide bonds. The fourth-order valence-electron chi connectivity index (χ4n) is 4.58. The summed E-state index contributed by atoms with van der Waals surface area (Å²) in [4.78, 5) is 13.2. The minimum atomic E-state index is -1.17. The van der Waals surface area contributed by atoms with Crippen molar-refractivity contribution in [2.24, 2.45) is 11.8 Å². The number of aliphatic hydroxyl groups excluding tert-OH is 1. The number of fused-ring (bicyclic) bond motifs is 3. The zero-order valence-corrected chi connectivity index (χ0v) is 20.0. The number of hydrogen-bond acceptors (Lipinski definition) is 5. The number of ketones is 1. The van der Waals surface area contributed by atoms with Gasteiger partial charge in [-0.3, -0.25) is 4.79 Å². The monoisotopic (exact) mass is 448 g/mol. The maximum absolute atomic E-state index is 13.2. The van der Waals surface area contributed by atoms with Crippen LogP contribution in [0.1, 0.15) is 53.9 Å². The van der Waals surface area contributed by atoms with Crippen molar-refractivity contribution in [1.29, 1.82) is 0 Å². The van der Waals surface area contributed by atoms with Crippen molar-refractivity contribution < 1.29 is 24.1 Å². The van der Waals surface area contributed by atoms with Crippen LogP contribution in [0.2, 0.25) is 0 Å². The van der Waals surface area contributed by atoms with Crippen LogP contribution >= 0.6 is 11.6 Å². The molecule has 1 fully saturated rings. The van der Waals surface area contributed by atoms with Crippen molar-refractivity contribution in [3.8, 4) is 0 Å². The normalized spacial score (nSPS) is 33.0. The molecule has 170 valence electrons. The zero-order valence-electron chi connectivity index (χ0n) is 19.2. The fraction of sp³-hybridized carbons (Fsp3) is 0.560. The van der Waals surface area contributed by atoms with Crippen LogP contribution in [0.15, 0.2) is 58.1 Å². The fourth-order valence-corrected chi connectivity index (χ4v) is 4.93. The van der Waals surface area contributed by atoms with E-state index in [-0.39, 0.29) is 23.2 Å². The standard InChI is InChI=1S/C25H33ClO5/c1-7-15(2)10-16(3)8-9-18-11-19-20(14-30-18)21-13-25(29-6,12-17(4)27)31-24(21,5)23(28)22(19)26/h8-11,14-15,17,21,27H,7,12-13H2,1-6H3/b9-8+,16-10-/t15-,17+,21+,24+,25+/m1/s1. The second-order valence-electron chi connectivity index (χ2n) is 9.06. The Bertz CT molecular complexity index is 894. The summed E-state index contributed by atoms with van der Waals surface area (Å²) in [7, 11) is 1.54. The van der Waals surface area contributed by atoms with Crippen LogP contribution in [0, 0.1) is 11.8 Å². The Morgan fingerprint density at radius 1 is 1.45 bits per heavy atom. The number of methoxy groups -OCH3 is 1. The van der Waals surface area contributed by atoms with Gasteiger partial charge in [0, 0.05) is 37.0 Å². The van der Waals surface area contributed by atoms with E-state index in [9.17, 15) is 9.90 Å². The average molecular weight is 449 g/mol. The molecule has 0 aromatic rings. The Morgan fingerprint density at radius 3 is 2.77 bits per heavy atom. The van der Waals surface area contributed by atoms with E-state index in [1.165, 1.54) is 7.11 Å². The third-order valence-corrected chi connectivity index (χ3v) is 6.82. The number of carbonyl (C=O) groups is 1. The third-order valence-electron chi connectivity index (χ3n) is 6.44. The summed E-state index contributed by atoms with van der Waals surface area (Å²) in [6, 6.07) is 0. The number of rotatable bonds is 7. The number of aliphatic hydroxyl groups is 1. The summed E-state index contributed by atoms with van der Waals surface area (Å²) in [5.41, 5.74) is 1.46. The molecule has 5 atom stereocenters. The smallest absolute Gasteiger partial charge is 0.207 e. The molecule has 2 heterocycles. The van der Waals surface area contributed by atoms with E-state index in [1.807, 2.05) is 18.2 Å². The lowest BCUT2D eigenvalue weighted by atomic mass is 9.71. The molecule has 1 aliphatic carbocycles. The van der Waals surface area contributed by atoms with E-state index in [0.29, 0.717) is 23.7 Å². The van der Waals surface area contributed by atoms with Crippen LogP contribution in [-0.2, 0) is 19.0 Å². The van der Waals surface area contributed by atoms with Gasteiger partial charge in [0.05, 0.1) is 17.4 Å². The second-order valence-corrected chi connectivity index (χ2v) is 9.44. The van der Waals surface area contributed by atoms with E-state index in [4.69, 9.17) is 25.8 Å². The van der Waals surface area contributed by atoms with Gasteiger partial charge < -0.3 is 19.3 Å². The summed E-state index contributed by atoms with van der Waals surface area (Å²) in [5, 5.41) is 10.1. The Kier molecular flexibility index (Phi) is 7.02. The molecular formula is C25H33ClO5. The highest BCUT2D eigenvalue weighted by atomic mass is 35.5. The Balaban J connectivity index is 1.91. The summed E-state index contributed by atoms with van der Waals surface area (Å²) in [6.07, 6.45) is 10.7. The van der Waals surface area contributed by atoms with Gasteiger partial charge in [0.15, 0.2) is 5.79 Å². The van der Waals surface area contributed by atoms with E-state index in [0.717, 1.165) is 17.6 Å². The molecule has 6 heteroatoms. The van der Waals surface area contributed by atoms with Crippen molar-refractivity contribution in [2.45, 2.75) is 71.4 Å². The first kappa shape index (κ1) is 24.0. The molecule has 1 N–H and O–H groups in total. The van der Waals surface area contributed by atoms with Gasteiger partial charge >= 0.3 is 0 Å². The molecule has 31 heavy (non-hydrogen) atoms. The molecule has 0 spiro atoms. The molecule has 0 aromatic heterocycles. The highest BCUT2D eigenvalue weighted by molar-refractivity contribution is 6.45. The largest absolute Gasteiger partial charge is 0.465 e. The van der Waals surface area contributed by atoms with Crippen LogP contribution in [0.3, 0.4) is 0 Å². The van der Waals surface area contributed by atoms with Gasteiger partial charge in [0.25, 0.3) is 0 Å². The predicted molar refractivity (Wildman–Crippen MR) is 121 cm³/mol. The topological polar surface area (TPSA) is 65.0 Å². The van der Waals surface area contributed by atoms with E-state index in [2.05, 4.69) is 26.8 Å². The molecule has 5 nitrogen and oxygen atoms in total. The summed E-state index contributed by atoms with van der Waals surface area (Å²) < 4.78 is 17.7. The lowest BCUT2D eigenvalue weighted by Gasteiger charge is -2.37. The molecule has 0 bridgehead atoms. The lowest BCUT2D eigenvalue weighted by Crippen LogP contribution is -2.47. The van der Waals surface area contributed by atoms with Crippen molar-refractivity contribution in [3.05, 3.63) is 58.1 Å². The molecule has 3 aliphatic rings. The molecular weight excluding hydrogens is 416 g/mol. The van der Waals surface area contributed by atoms with Crippen LogP contribution in [-0.4, -0.2) is 35.5 Å². The quantitative estimate of drug-likeness (QED) is 0.534. The number of halogens is 1. The van der Waals surface area contributed by atoms with Crippen LogP contribution in [0.5, 0.6) is 0 Å². The predicted octanol–water partition coefficient (Wildman–Crippen LogP) is 5.32. The number of ether oxygens (including phenoxy) is 3.